The van der Waals surface area contributed by atoms with Crippen LogP contribution in [0.3, 0.4) is 0 Å². The number of rotatable bonds is 5. The van der Waals surface area contributed by atoms with Crippen molar-refractivity contribution in [2.75, 3.05) is 6.54 Å². The molecule has 1 saturated heterocycles. The SMILES string of the molecule is CC(O)CC1CCCN1C(=O)c1ccc(Cn2ccccc2=O)o1. The van der Waals surface area contributed by atoms with Crippen LogP contribution in [0.1, 0.15) is 42.5 Å². The maximum Gasteiger partial charge on any atom is 0.289 e. The molecule has 3 heterocycles. The maximum atomic E-state index is 12.7. The maximum absolute atomic E-state index is 12.7. The Morgan fingerprint density at radius 3 is 2.96 bits per heavy atom. The van der Waals surface area contributed by atoms with Crippen LogP contribution in [0.25, 0.3) is 0 Å². The van der Waals surface area contributed by atoms with Crippen molar-refractivity contribution in [3.8, 4) is 0 Å². The number of aromatic nitrogens is 1. The Bertz CT molecular complexity index is 762. The van der Waals surface area contributed by atoms with Crippen molar-refractivity contribution in [3.63, 3.8) is 0 Å². The Hall–Kier alpha value is -2.34. The lowest BCUT2D eigenvalue weighted by molar-refractivity contribution is 0.0649. The second-order valence-electron chi connectivity index (χ2n) is 6.31. The number of furan rings is 1. The zero-order valence-electron chi connectivity index (χ0n) is 13.7. The van der Waals surface area contributed by atoms with Gasteiger partial charge in [-0.25, -0.2) is 0 Å². The minimum Gasteiger partial charge on any atom is -0.454 e. The summed E-state index contributed by atoms with van der Waals surface area (Å²) in [6.45, 7) is 2.72. The zero-order chi connectivity index (χ0) is 17.1. The van der Waals surface area contributed by atoms with Gasteiger partial charge in [0.1, 0.15) is 5.76 Å². The molecule has 0 spiro atoms. The third-order valence-corrected chi connectivity index (χ3v) is 4.35. The molecule has 128 valence electrons. The molecule has 0 aliphatic carbocycles. The van der Waals surface area contributed by atoms with Crippen LogP contribution in [0.2, 0.25) is 0 Å². The number of aliphatic hydroxyl groups excluding tert-OH is 1. The van der Waals surface area contributed by atoms with E-state index in [1.807, 2.05) is 0 Å². The molecule has 0 radical (unpaired) electrons. The lowest BCUT2D eigenvalue weighted by Gasteiger charge is -2.24. The first-order valence-corrected chi connectivity index (χ1v) is 8.28. The summed E-state index contributed by atoms with van der Waals surface area (Å²) in [5.74, 6) is 0.703. The van der Waals surface area contributed by atoms with Crippen molar-refractivity contribution in [1.29, 1.82) is 0 Å². The first-order chi connectivity index (χ1) is 11.5. The minimum absolute atomic E-state index is 0.0581. The standard InChI is InChI=1S/C18H22N2O4/c1-13(21)11-14-5-4-10-20(14)18(23)16-8-7-15(24-16)12-19-9-3-2-6-17(19)22/h2-3,6-9,13-14,21H,4-5,10-12H2,1H3. The normalized spacial score (nSPS) is 18.8. The summed E-state index contributed by atoms with van der Waals surface area (Å²) < 4.78 is 7.18. The fourth-order valence-electron chi connectivity index (χ4n) is 3.22. The van der Waals surface area contributed by atoms with Gasteiger partial charge in [0.25, 0.3) is 11.5 Å². The van der Waals surface area contributed by atoms with Crippen LogP contribution in [0.15, 0.2) is 45.7 Å². The molecule has 0 saturated carbocycles. The molecule has 0 bridgehead atoms. The first-order valence-electron chi connectivity index (χ1n) is 8.28. The number of hydrogen-bond donors (Lipinski definition) is 1. The molecule has 2 unspecified atom stereocenters. The Morgan fingerprint density at radius 1 is 1.38 bits per heavy atom. The molecule has 1 aliphatic rings. The number of nitrogens with zero attached hydrogens (tertiary/aromatic N) is 2. The number of carbonyl (C=O) groups excluding carboxylic acids is 1. The molecule has 2 atom stereocenters. The summed E-state index contributed by atoms with van der Waals surface area (Å²) in [5, 5.41) is 9.58. The summed E-state index contributed by atoms with van der Waals surface area (Å²) >= 11 is 0. The average molecular weight is 330 g/mol. The monoisotopic (exact) mass is 330 g/mol. The summed E-state index contributed by atoms with van der Waals surface area (Å²) in [7, 11) is 0. The van der Waals surface area contributed by atoms with Crippen molar-refractivity contribution in [3.05, 3.63) is 58.4 Å². The smallest absolute Gasteiger partial charge is 0.289 e. The molecule has 1 aliphatic heterocycles. The Kier molecular flexibility index (Phi) is 4.85. The van der Waals surface area contributed by atoms with E-state index in [0.29, 0.717) is 25.3 Å². The molecule has 2 aromatic heterocycles. The van der Waals surface area contributed by atoms with Crippen LogP contribution in [0.4, 0.5) is 0 Å². The van der Waals surface area contributed by atoms with Gasteiger partial charge in [-0.1, -0.05) is 6.07 Å². The number of aliphatic hydroxyl groups is 1. The number of likely N-dealkylation sites (tertiary alicyclic amines) is 1. The Balaban J connectivity index is 1.72. The molecule has 1 N–H and O–H groups in total. The molecule has 1 amide bonds. The van der Waals surface area contributed by atoms with Gasteiger partial charge < -0.3 is 19.0 Å². The molecule has 24 heavy (non-hydrogen) atoms. The van der Waals surface area contributed by atoms with Crippen LogP contribution in [-0.4, -0.2) is 39.2 Å². The van der Waals surface area contributed by atoms with E-state index < -0.39 is 6.10 Å². The quantitative estimate of drug-likeness (QED) is 0.908. The molecule has 2 aromatic rings. The highest BCUT2D eigenvalue weighted by Gasteiger charge is 2.31. The van der Waals surface area contributed by atoms with Crippen LogP contribution in [0.5, 0.6) is 0 Å². The van der Waals surface area contributed by atoms with E-state index >= 15 is 0 Å². The van der Waals surface area contributed by atoms with E-state index in [1.54, 1.807) is 42.3 Å². The number of carbonyl (C=O) groups is 1. The van der Waals surface area contributed by atoms with E-state index in [4.69, 9.17) is 4.42 Å². The van der Waals surface area contributed by atoms with E-state index in [9.17, 15) is 14.7 Å². The van der Waals surface area contributed by atoms with Crippen molar-refractivity contribution in [2.45, 2.75) is 44.9 Å². The van der Waals surface area contributed by atoms with Gasteiger partial charge in [-0.3, -0.25) is 9.59 Å². The second-order valence-corrected chi connectivity index (χ2v) is 6.31. The predicted molar refractivity (Wildman–Crippen MR) is 88.9 cm³/mol. The number of pyridine rings is 1. The zero-order valence-corrected chi connectivity index (χ0v) is 13.7. The summed E-state index contributed by atoms with van der Waals surface area (Å²) in [6.07, 6.45) is 3.68. The van der Waals surface area contributed by atoms with Gasteiger partial charge in [-0.05, 0) is 44.4 Å². The van der Waals surface area contributed by atoms with Crippen LogP contribution >= 0.6 is 0 Å². The minimum atomic E-state index is -0.430. The molecule has 3 rings (SSSR count). The molecule has 6 nitrogen and oxygen atoms in total. The fraction of sp³-hybridized carbons (Fsp3) is 0.444. The summed E-state index contributed by atoms with van der Waals surface area (Å²) in [6, 6.07) is 8.39. The van der Waals surface area contributed by atoms with Crippen LogP contribution in [0, 0.1) is 0 Å². The van der Waals surface area contributed by atoms with Gasteiger partial charge in [0.2, 0.25) is 0 Å². The molecular formula is C18H22N2O4. The highest BCUT2D eigenvalue weighted by molar-refractivity contribution is 5.92. The van der Waals surface area contributed by atoms with Crippen LogP contribution < -0.4 is 5.56 Å². The van der Waals surface area contributed by atoms with Crippen molar-refractivity contribution in [1.82, 2.24) is 9.47 Å². The van der Waals surface area contributed by atoms with Gasteiger partial charge in [-0.2, -0.15) is 0 Å². The number of amides is 1. The molecule has 0 aromatic carbocycles. The van der Waals surface area contributed by atoms with E-state index in [2.05, 4.69) is 0 Å². The second kappa shape index (κ2) is 7.05. The summed E-state index contributed by atoms with van der Waals surface area (Å²) in [5.41, 5.74) is -0.113. The highest BCUT2D eigenvalue weighted by atomic mass is 16.4. The van der Waals surface area contributed by atoms with Gasteiger partial charge in [0, 0.05) is 24.8 Å². The van der Waals surface area contributed by atoms with E-state index in [1.165, 1.54) is 10.6 Å². The van der Waals surface area contributed by atoms with Gasteiger partial charge in [0.05, 0.1) is 12.6 Å². The van der Waals surface area contributed by atoms with Gasteiger partial charge >= 0.3 is 0 Å². The van der Waals surface area contributed by atoms with Gasteiger partial charge in [-0.15, -0.1) is 0 Å². The average Bonchev–Trinajstić information content (AvgIpc) is 3.18. The fourth-order valence-corrected chi connectivity index (χ4v) is 3.22. The molecule has 6 heteroatoms. The summed E-state index contributed by atoms with van der Waals surface area (Å²) in [4.78, 5) is 26.2. The Morgan fingerprint density at radius 2 is 2.21 bits per heavy atom. The third-order valence-electron chi connectivity index (χ3n) is 4.35. The largest absolute Gasteiger partial charge is 0.454 e. The van der Waals surface area contributed by atoms with Crippen molar-refractivity contribution in [2.24, 2.45) is 0 Å². The van der Waals surface area contributed by atoms with Gasteiger partial charge in [0.15, 0.2) is 5.76 Å². The lowest BCUT2D eigenvalue weighted by Crippen LogP contribution is -2.37. The van der Waals surface area contributed by atoms with Crippen molar-refractivity contribution >= 4 is 5.91 Å². The van der Waals surface area contributed by atoms with Crippen LogP contribution in [-0.2, 0) is 6.54 Å². The van der Waals surface area contributed by atoms with E-state index in [0.717, 1.165) is 12.8 Å². The number of hydrogen-bond acceptors (Lipinski definition) is 4. The predicted octanol–water partition coefficient (Wildman–Crippen LogP) is 1.87. The van der Waals surface area contributed by atoms with E-state index in [-0.39, 0.29) is 23.3 Å². The topological polar surface area (TPSA) is 75.7 Å². The highest BCUT2D eigenvalue weighted by Crippen LogP contribution is 2.24. The first kappa shape index (κ1) is 16.5. The van der Waals surface area contributed by atoms with Crippen molar-refractivity contribution < 1.29 is 14.3 Å². The third kappa shape index (κ3) is 3.59. The lowest BCUT2D eigenvalue weighted by atomic mass is 10.1. The molecule has 1 fully saturated rings. The Labute approximate surface area is 140 Å². The molecular weight excluding hydrogens is 308 g/mol.